The van der Waals surface area contributed by atoms with E-state index >= 15 is 0 Å². The Morgan fingerprint density at radius 2 is 1.62 bits per heavy atom. The van der Waals surface area contributed by atoms with Gasteiger partial charge in [-0.1, -0.05) is 30.3 Å². The third kappa shape index (κ3) is 6.80. The molecule has 0 saturated carbocycles. The molecule has 2 aromatic carbocycles. The van der Waals surface area contributed by atoms with E-state index in [4.69, 9.17) is 4.74 Å². The molecule has 3 rings (SSSR count). The maximum absolute atomic E-state index is 12.7. The average molecular weight is 488 g/mol. The molecule has 1 unspecified atom stereocenters. The maximum atomic E-state index is 12.7. The fraction of sp³-hybridized carbons (Fsp3) is 0.440. The van der Waals surface area contributed by atoms with Crippen molar-refractivity contribution in [2.24, 2.45) is 0 Å². The molecule has 1 N–H and O–H groups in total. The van der Waals surface area contributed by atoms with E-state index in [1.54, 1.807) is 35.2 Å². The van der Waals surface area contributed by atoms with Gasteiger partial charge in [-0.3, -0.25) is 9.59 Å². The largest absolute Gasteiger partial charge is 0.491 e. The van der Waals surface area contributed by atoms with Crippen LogP contribution in [0.15, 0.2) is 59.5 Å². The molecule has 0 spiro atoms. The number of benzene rings is 2. The molecule has 2 amide bonds. The predicted octanol–water partition coefficient (Wildman–Crippen LogP) is 2.96. The lowest BCUT2D eigenvalue weighted by atomic mass is 10.1. The van der Waals surface area contributed by atoms with E-state index in [1.807, 2.05) is 45.0 Å². The summed E-state index contributed by atoms with van der Waals surface area (Å²) in [5, 5.41) is 2.93. The van der Waals surface area contributed by atoms with Crippen LogP contribution in [-0.4, -0.2) is 61.7 Å². The number of sulfonamides is 1. The van der Waals surface area contributed by atoms with E-state index in [1.165, 1.54) is 4.31 Å². The minimum Gasteiger partial charge on any atom is -0.491 e. The Hall–Kier alpha value is -2.91. The first-order chi connectivity index (χ1) is 16.2. The summed E-state index contributed by atoms with van der Waals surface area (Å²) in [6.45, 7) is 6.90. The van der Waals surface area contributed by atoms with Crippen LogP contribution in [0.3, 0.4) is 0 Å². The first kappa shape index (κ1) is 25.7. The van der Waals surface area contributed by atoms with Gasteiger partial charge in [-0.25, -0.2) is 8.42 Å². The van der Waals surface area contributed by atoms with Gasteiger partial charge in [0.2, 0.25) is 21.8 Å². The Morgan fingerprint density at radius 3 is 2.26 bits per heavy atom. The number of carbonyl (C=O) groups is 2. The Bertz CT molecular complexity index is 1080. The Balaban J connectivity index is 1.45. The molecule has 8 nitrogen and oxygen atoms in total. The molecule has 1 fully saturated rings. The lowest BCUT2D eigenvalue weighted by molar-refractivity contribution is -0.134. The molecular formula is C25H33N3O5S. The molecule has 9 heteroatoms. The third-order valence-corrected chi connectivity index (χ3v) is 7.56. The molecule has 2 aromatic rings. The van der Waals surface area contributed by atoms with Gasteiger partial charge in [0.1, 0.15) is 5.75 Å². The second kappa shape index (κ2) is 11.5. The number of hydrogen-bond donors (Lipinski definition) is 1. The van der Waals surface area contributed by atoms with Crippen molar-refractivity contribution in [3.05, 3.63) is 60.2 Å². The molecule has 1 aliphatic rings. The summed E-state index contributed by atoms with van der Waals surface area (Å²) >= 11 is 0. The number of nitrogens with one attached hydrogen (secondary N) is 1. The summed E-state index contributed by atoms with van der Waals surface area (Å²) in [5.41, 5.74) is 0.925. The van der Waals surface area contributed by atoms with Crippen molar-refractivity contribution < 1.29 is 22.7 Å². The summed E-state index contributed by atoms with van der Waals surface area (Å²) in [7, 11) is -3.56. The fourth-order valence-electron chi connectivity index (χ4n) is 3.82. The van der Waals surface area contributed by atoms with Crippen LogP contribution in [-0.2, 0) is 19.6 Å². The highest BCUT2D eigenvalue weighted by atomic mass is 32.2. The number of hydrogen-bond acceptors (Lipinski definition) is 5. The van der Waals surface area contributed by atoms with Crippen LogP contribution in [0.1, 0.15) is 45.2 Å². The highest BCUT2D eigenvalue weighted by molar-refractivity contribution is 7.89. The number of amides is 2. The molecule has 1 aliphatic heterocycles. The smallest absolute Gasteiger partial charge is 0.243 e. The molecule has 0 radical (unpaired) electrons. The van der Waals surface area contributed by atoms with Crippen LogP contribution in [0.5, 0.6) is 5.75 Å². The van der Waals surface area contributed by atoms with Crippen LogP contribution in [0.25, 0.3) is 0 Å². The van der Waals surface area contributed by atoms with E-state index in [0.29, 0.717) is 13.1 Å². The van der Waals surface area contributed by atoms with Crippen molar-refractivity contribution >= 4 is 21.8 Å². The van der Waals surface area contributed by atoms with Crippen molar-refractivity contribution in [1.29, 1.82) is 0 Å². The van der Waals surface area contributed by atoms with Crippen molar-refractivity contribution in [2.75, 3.05) is 26.2 Å². The minimum absolute atomic E-state index is 0.0615. The zero-order valence-electron chi connectivity index (χ0n) is 19.9. The second-order valence-electron chi connectivity index (χ2n) is 8.63. The van der Waals surface area contributed by atoms with Crippen LogP contribution >= 0.6 is 0 Å². The highest BCUT2D eigenvalue weighted by Gasteiger charge is 2.30. The Labute approximate surface area is 201 Å². The maximum Gasteiger partial charge on any atom is 0.243 e. The molecule has 1 heterocycles. The minimum atomic E-state index is -3.56. The van der Waals surface area contributed by atoms with Crippen LogP contribution in [0, 0.1) is 0 Å². The van der Waals surface area contributed by atoms with Gasteiger partial charge >= 0.3 is 0 Å². The van der Waals surface area contributed by atoms with Crippen molar-refractivity contribution in [2.45, 2.75) is 50.7 Å². The predicted molar refractivity (Wildman–Crippen MR) is 130 cm³/mol. The summed E-state index contributed by atoms with van der Waals surface area (Å²) < 4.78 is 32.6. The summed E-state index contributed by atoms with van der Waals surface area (Å²) in [5.74, 6) is 0.394. The zero-order valence-corrected chi connectivity index (χ0v) is 20.8. The molecule has 34 heavy (non-hydrogen) atoms. The lowest BCUT2D eigenvalue weighted by Crippen LogP contribution is -2.50. The molecule has 184 valence electrons. The average Bonchev–Trinajstić information content (AvgIpc) is 2.83. The number of piperazine rings is 1. The van der Waals surface area contributed by atoms with Gasteiger partial charge in [0.05, 0.1) is 17.0 Å². The van der Waals surface area contributed by atoms with Gasteiger partial charge < -0.3 is 15.0 Å². The van der Waals surface area contributed by atoms with Gasteiger partial charge in [0, 0.05) is 39.0 Å². The van der Waals surface area contributed by atoms with Gasteiger partial charge in [0.25, 0.3) is 0 Å². The monoisotopic (exact) mass is 487 g/mol. The molecule has 1 saturated heterocycles. The van der Waals surface area contributed by atoms with Crippen molar-refractivity contribution in [3.63, 3.8) is 0 Å². The first-order valence-corrected chi connectivity index (χ1v) is 13.0. The number of carbonyl (C=O) groups excluding carboxylic acids is 2. The van der Waals surface area contributed by atoms with Crippen LogP contribution in [0.2, 0.25) is 0 Å². The topological polar surface area (TPSA) is 96.0 Å². The van der Waals surface area contributed by atoms with Crippen molar-refractivity contribution in [1.82, 2.24) is 14.5 Å². The van der Waals surface area contributed by atoms with E-state index in [2.05, 4.69) is 5.32 Å². The zero-order chi connectivity index (χ0) is 24.7. The van der Waals surface area contributed by atoms with Crippen LogP contribution < -0.4 is 10.1 Å². The Kier molecular flexibility index (Phi) is 8.68. The van der Waals surface area contributed by atoms with Gasteiger partial charge in [-0.2, -0.15) is 4.31 Å². The van der Waals surface area contributed by atoms with Crippen LogP contribution in [0.4, 0.5) is 0 Å². The quantitative estimate of drug-likeness (QED) is 0.587. The van der Waals surface area contributed by atoms with Gasteiger partial charge in [-0.05, 0) is 50.6 Å². The molecule has 0 aromatic heterocycles. The number of rotatable bonds is 9. The third-order valence-electron chi connectivity index (χ3n) is 5.65. The van der Waals surface area contributed by atoms with Gasteiger partial charge in [0.15, 0.2) is 0 Å². The summed E-state index contributed by atoms with van der Waals surface area (Å²) in [6.07, 6.45) is 0.223. The second-order valence-corrected chi connectivity index (χ2v) is 10.6. The normalized spacial score (nSPS) is 15.7. The molecular weight excluding hydrogens is 454 g/mol. The molecule has 0 bridgehead atoms. The summed E-state index contributed by atoms with van der Waals surface area (Å²) in [4.78, 5) is 26.9. The van der Waals surface area contributed by atoms with E-state index in [0.717, 1.165) is 11.3 Å². The van der Waals surface area contributed by atoms with E-state index in [-0.39, 0.29) is 54.8 Å². The van der Waals surface area contributed by atoms with E-state index in [9.17, 15) is 18.0 Å². The molecule has 1 atom stereocenters. The summed E-state index contributed by atoms with van der Waals surface area (Å²) in [6, 6.07) is 15.7. The standard InChI is InChI=1S/C25H33N3O5S/c1-19(2)33-22-9-7-8-21(18-22)20(3)26-24(29)12-13-25(30)27-14-16-28(17-15-27)34(31,32)23-10-5-4-6-11-23/h4-11,18-20H,12-17H2,1-3H3,(H,26,29). The first-order valence-electron chi connectivity index (χ1n) is 11.6. The number of nitrogens with zero attached hydrogens (tertiary/aromatic N) is 2. The van der Waals surface area contributed by atoms with E-state index < -0.39 is 10.0 Å². The fourth-order valence-corrected chi connectivity index (χ4v) is 5.27. The van der Waals surface area contributed by atoms with Crippen molar-refractivity contribution in [3.8, 4) is 5.75 Å². The molecule has 0 aliphatic carbocycles. The Morgan fingerprint density at radius 1 is 0.941 bits per heavy atom. The lowest BCUT2D eigenvalue weighted by Gasteiger charge is -2.34. The SMILES string of the molecule is CC(C)Oc1cccc(C(C)NC(=O)CCC(=O)N2CCN(S(=O)(=O)c3ccccc3)CC2)c1. The highest BCUT2D eigenvalue weighted by Crippen LogP contribution is 2.21. The van der Waals surface area contributed by atoms with Gasteiger partial charge in [-0.15, -0.1) is 0 Å². The number of ether oxygens (including phenoxy) is 1.